The predicted octanol–water partition coefficient (Wildman–Crippen LogP) is 7.81. The summed E-state index contributed by atoms with van der Waals surface area (Å²) < 4.78 is 64.8. The number of ether oxygens (including phenoxy) is 3. The summed E-state index contributed by atoms with van der Waals surface area (Å²) in [6, 6.07) is 6.98. The van der Waals surface area contributed by atoms with Crippen LogP contribution in [0.4, 0.5) is 23.8 Å². The van der Waals surface area contributed by atoms with E-state index < -0.39 is 34.2 Å². The second-order valence-electron chi connectivity index (χ2n) is 12.1. The molecular formula is C32H32ClF3N4O4S. The van der Waals surface area contributed by atoms with Crippen LogP contribution in [0.15, 0.2) is 35.5 Å². The van der Waals surface area contributed by atoms with Gasteiger partial charge in [0.25, 0.3) is 0 Å². The highest BCUT2D eigenvalue weighted by Crippen LogP contribution is 2.46. The highest BCUT2D eigenvalue weighted by atomic mass is 35.5. The van der Waals surface area contributed by atoms with E-state index in [1.807, 2.05) is 25.7 Å². The molecule has 4 aromatic rings. The molecule has 1 amide bonds. The average molecular weight is 661 g/mol. The highest BCUT2D eigenvalue weighted by molar-refractivity contribution is 7.98. The van der Waals surface area contributed by atoms with Gasteiger partial charge in [0.2, 0.25) is 0 Å². The third-order valence-corrected chi connectivity index (χ3v) is 8.91. The first-order valence-electron chi connectivity index (χ1n) is 14.4. The molecule has 3 aromatic carbocycles. The lowest BCUT2D eigenvalue weighted by Crippen LogP contribution is -2.57. The van der Waals surface area contributed by atoms with Crippen LogP contribution in [-0.4, -0.2) is 71.9 Å². The van der Waals surface area contributed by atoms with Crippen LogP contribution in [0.2, 0.25) is 5.02 Å². The second-order valence-corrected chi connectivity index (χ2v) is 13.3. The highest BCUT2D eigenvalue weighted by Gasteiger charge is 2.45. The maximum absolute atomic E-state index is 16.8. The Morgan fingerprint density at radius 1 is 1.07 bits per heavy atom. The topological polar surface area (TPSA) is 77.0 Å². The van der Waals surface area contributed by atoms with Crippen LogP contribution in [0.3, 0.4) is 0 Å². The number of hydrogen-bond donors (Lipinski definition) is 0. The zero-order chi connectivity index (χ0) is 32.2. The second kappa shape index (κ2) is 12.0. The zero-order valence-corrected chi connectivity index (χ0v) is 27.0. The molecule has 3 heterocycles. The Morgan fingerprint density at radius 2 is 1.78 bits per heavy atom. The van der Waals surface area contributed by atoms with E-state index in [4.69, 9.17) is 25.8 Å². The first-order chi connectivity index (χ1) is 21.4. The number of methoxy groups -OCH3 is 1. The number of nitrogens with zero attached hydrogens (tertiary/aromatic N) is 4. The summed E-state index contributed by atoms with van der Waals surface area (Å²) in [4.78, 5) is 25.6. The quantitative estimate of drug-likeness (QED) is 0.0897. The van der Waals surface area contributed by atoms with Crippen molar-refractivity contribution in [3.63, 3.8) is 0 Å². The standard InChI is InChI=1S/C32H32ClF3N4O4S/c1-32(2,3)44-31(41)40-17-9-10-18(40)14-39(13-17)29-24-26(35)25(33)23(27(36)28(24)37-30(38-29)45-5)20-12-19(43-15-42-4)11-16-7-6-8-21(34)22(16)20/h6-8,11-12,17-18H,9-10,13-15H2,1-5H3/t17-,18+. The first-order valence-corrected chi connectivity index (χ1v) is 16.0. The average Bonchev–Trinajstić information content (AvgIpc) is 3.26. The van der Waals surface area contributed by atoms with Crippen molar-refractivity contribution in [3.05, 3.63) is 52.8 Å². The van der Waals surface area contributed by atoms with E-state index in [1.54, 1.807) is 23.3 Å². The monoisotopic (exact) mass is 660 g/mol. The summed E-state index contributed by atoms with van der Waals surface area (Å²) in [5, 5.41) is -0.0392. The Balaban J connectivity index is 1.50. The Morgan fingerprint density at radius 3 is 2.42 bits per heavy atom. The lowest BCUT2D eigenvalue weighted by atomic mass is 9.95. The molecule has 45 heavy (non-hydrogen) atoms. The van der Waals surface area contributed by atoms with Gasteiger partial charge in [0.15, 0.2) is 23.6 Å². The Kier molecular flexibility index (Phi) is 8.42. The van der Waals surface area contributed by atoms with Crippen molar-refractivity contribution < 1.29 is 32.2 Å². The Labute approximate surface area is 267 Å². The number of halogens is 4. The van der Waals surface area contributed by atoms with E-state index in [-0.39, 0.29) is 63.0 Å². The summed E-state index contributed by atoms with van der Waals surface area (Å²) in [6.45, 7) is 6.01. The minimum atomic E-state index is -0.930. The van der Waals surface area contributed by atoms with Gasteiger partial charge in [0.1, 0.15) is 28.5 Å². The van der Waals surface area contributed by atoms with E-state index >= 15 is 13.2 Å². The molecule has 13 heteroatoms. The third kappa shape index (κ3) is 5.72. The molecule has 0 spiro atoms. The normalized spacial score (nSPS) is 18.2. The third-order valence-electron chi connectivity index (χ3n) is 8.01. The summed E-state index contributed by atoms with van der Waals surface area (Å²) >= 11 is 7.83. The molecule has 0 N–H and O–H groups in total. The molecule has 0 radical (unpaired) electrons. The van der Waals surface area contributed by atoms with E-state index in [0.717, 1.165) is 12.8 Å². The number of benzene rings is 3. The van der Waals surface area contributed by atoms with Crippen LogP contribution in [-0.2, 0) is 9.47 Å². The maximum atomic E-state index is 16.8. The van der Waals surface area contributed by atoms with E-state index in [1.165, 1.54) is 37.1 Å². The number of rotatable bonds is 6. The summed E-state index contributed by atoms with van der Waals surface area (Å²) in [7, 11) is 1.44. The first kappa shape index (κ1) is 31.5. The molecule has 6 rings (SSSR count). The molecule has 2 aliphatic rings. The Bertz CT molecular complexity index is 1810. The fraction of sp³-hybridized carbons (Fsp3) is 0.406. The molecule has 2 saturated heterocycles. The number of carbonyl (C=O) groups is 1. The molecule has 0 unspecified atom stereocenters. The van der Waals surface area contributed by atoms with Gasteiger partial charge in [-0.1, -0.05) is 35.5 Å². The fourth-order valence-corrected chi connectivity index (χ4v) is 6.87. The van der Waals surface area contributed by atoms with Crippen molar-refractivity contribution in [1.82, 2.24) is 14.9 Å². The van der Waals surface area contributed by atoms with Gasteiger partial charge in [-0.25, -0.2) is 27.9 Å². The molecule has 2 aliphatic heterocycles. The largest absolute Gasteiger partial charge is 0.468 e. The number of anilines is 1. The van der Waals surface area contributed by atoms with Gasteiger partial charge in [-0.05, 0) is 63.5 Å². The number of carbonyl (C=O) groups excluding carboxylic acids is 1. The number of thioether (sulfide) groups is 1. The molecule has 0 saturated carbocycles. The summed E-state index contributed by atoms with van der Waals surface area (Å²) in [5.74, 6) is -2.04. The summed E-state index contributed by atoms with van der Waals surface area (Å²) in [6.07, 6.45) is 2.81. The number of aromatic nitrogens is 2. The summed E-state index contributed by atoms with van der Waals surface area (Å²) in [5.41, 5.74) is -1.26. The van der Waals surface area contributed by atoms with Crippen LogP contribution in [0.25, 0.3) is 32.8 Å². The molecule has 2 atom stereocenters. The molecule has 1 aromatic heterocycles. The maximum Gasteiger partial charge on any atom is 0.410 e. The SMILES string of the molecule is COCOc1cc(-c2c(Cl)c(F)c3c(N4C[C@H]5CC[C@@H](C4)N5C(=O)OC(C)(C)C)nc(SC)nc3c2F)c2c(F)cccc2c1. The minimum absolute atomic E-state index is 0.00915. The van der Waals surface area contributed by atoms with Crippen molar-refractivity contribution in [1.29, 1.82) is 0 Å². The van der Waals surface area contributed by atoms with Crippen LogP contribution >= 0.6 is 23.4 Å². The van der Waals surface area contributed by atoms with Gasteiger partial charge in [0.05, 0.1) is 22.5 Å². The van der Waals surface area contributed by atoms with E-state index in [9.17, 15) is 4.79 Å². The lowest BCUT2D eigenvalue weighted by molar-refractivity contribution is 0.0122. The van der Waals surface area contributed by atoms with Gasteiger partial charge >= 0.3 is 6.09 Å². The number of amides is 1. The van der Waals surface area contributed by atoms with Crippen molar-refractivity contribution in [3.8, 4) is 16.9 Å². The van der Waals surface area contributed by atoms with E-state index in [2.05, 4.69) is 9.97 Å². The van der Waals surface area contributed by atoms with Crippen molar-refractivity contribution in [2.75, 3.05) is 38.1 Å². The van der Waals surface area contributed by atoms with Crippen LogP contribution in [0, 0.1) is 17.5 Å². The van der Waals surface area contributed by atoms with Gasteiger partial charge in [0, 0.05) is 36.7 Å². The molecule has 238 valence electrons. The minimum Gasteiger partial charge on any atom is -0.468 e. The van der Waals surface area contributed by atoms with Crippen LogP contribution in [0.1, 0.15) is 33.6 Å². The molecule has 8 nitrogen and oxygen atoms in total. The Hall–Kier alpha value is -3.48. The smallest absolute Gasteiger partial charge is 0.410 e. The molecule has 0 aliphatic carbocycles. The van der Waals surface area contributed by atoms with Gasteiger partial charge in [-0.3, -0.25) is 4.90 Å². The molecule has 2 bridgehead atoms. The van der Waals surface area contributed by atoms with Crippen LogP contribution < -0.4 is 9.64 Å². The number of piperazine rings is 1. The molecular weight excluding hydrogens is 629 g/mol. The predicted molar refractivity (Wildman–Crippen MR) is 169 cm³/mol. The van der Waals surface area contributed by atoms with E-state index in [0.29, 0.717) is 18.5 Å². The molecule has 2 fully saturated rings. The van der Waals surface area contributed by atoms with Crippen molar-refractivity contribution >= 4 is 56.9 Å². The fourth-order valence-electron chi connectivity index (χ4n) is 6.23. The number of hydrogen-bond acceptors (Lipinski definition) is 8. The van der Waals surface area contributed by atoms with Gasteiger partial charge in [-0.15, -0.1) is 0 Å². The number of fused-ring (bicyclic) bond motifs is 4. The lowest BCUT2D eigenvalue weighted by Gasteiger charge is -2.42. The van der Waals surface area contributed by atoms with Crippen molar-refractivity contribution in [2.45, 2.75) is 56.5 Å². The zero-order valence-electron chi connectivity index (χ0n) is 25.4. The van der Waals surface area contributed by atoms with Gasteiger partial charge < -0.3 is 19.1 Å². The van der Waals surface area contributed by atoms with Crippen LogP contribution in [0.5, 0.6) is 5.75 Å². The van der Waals surface area contributed by atoms with Gasteiger partial charge in [-0.2, -0.15) is 0 Å². The van der Waals surface area contributed by atoms with Crippen molar-refractivity contribution in [2.24, 2.45) is 0 Å².